The van der Waals surface area contributed by atoms with E-state index >= 15 is 0 Å². The van der Waals surface area contributed by atoms with Crippen molar-refractivity contribution in [2.24, 2.45) is 0 Å². The Morgan fingerprint density at radius 3 is 2.26 bits per heavy atom. The average molecular weight is 472 g/mol. The number of carbonyl (C=O) groups excluding carboxylic acids is 2. The SMILES string of the molecule is Cc1cccc(COc2cccc(C(=O)N3CCN(CC(=O)Nc4c(C)cccc4C)CC3)c2)c1. The molecule has 6 heteroatoms. The number of ether oxygens (including phenoxy) is 1. The van der Waals surface area contributed by atoms with Crippen LogP contribution in [0.2, 0.25) is 0 Å². The van der Waals surface area contributed by atoms with E-state index in [1.54, 1.807) is 0 Å². The third-order valence-corrected chi connectivity index (χ3v) is 6.34. The van der Waals surface area contributed by atoms with Gasteiger partial charge in [-0.1, -0.05) is 54.1 Å². The molecular formula is C29H33N3O3. The summed E-state index contributed by atoms with van der Waals surface area (Å²) in [6, 6.07) is 21.5. The first-order chi connectivity index (χ1) is 16.9. The van der Waals surface area contributed by atoms with Gasteiger partial charge in [0.15, 0.2) is 0 Å². The topological polar surface area (TPSA) is 61.9 Å². The lowest BCUT2D eigenvalue weighted by atomic mass is 10.1. The number of piperazine rings is 1. The molecule has 35 heavy (non-hydrogen) atoms. The molecule has 0 aromatic heterocycles. The first-order valence-electron chi connectivity index (χ1n) is 12.0. The molecule has 0 atom stereocenters. The standard InChI is InChI=1S/C29H33N3O3/c1-21-7-4-10-24(17-21)20-35-26-12-6-11-25(18-26)29(34)32-15-13-31(14-16-32)19-27(33)30-28-22(2)8-5-9-23(28)3/h4-12,17-18H,13-16,19-20H2,1-3H3,(H,30,33). The van der Waals surface area contributed by atoms with Crippen LogP contribution in [-0.2, 0) is 11.4 Å². The normalized spacial score (nSPS) is 14.0. The van der Waals surface area contributed by atoms with Crippen LogP contribution in [0, 0.1) is 20.8 Å². The molecule has 1 heterocycles. The second-order valence-electron chi connectivity index (χ2n) is 9.19. The fourth-order valence-corrected chi connectivity index (χ4v) is 4.37. The van der Waals surface area contributed by atoms with Gasteiger partial charge < -0.3 is 15.0 Å². The molecule has 1 fully saturated rings. The highest BCUT2D eigenvalue weighted by atomic mass is 16.5. The largest absolute Gasteiger partial charge is 0.489 e. The van der Waals surface area contributed by atoms with Gasteiger partial charge >= 0.3 is 0 Å². The van der Waals surface area contributed by atoms with E-state index < -0.39 is 0 Å². The summed E-state index contributed by atoms with van der Waals surface area (Å²) in [4.78, 5) is 29.6. The van der Waals surface area contributed by atoms with Gasteiger partial charge in [0, 0.05) is 37.4 Å². The van der Waals surface area contributed by atoms with Crippen LogP contribution in [0.3, 0.4) is 0 Å². The second kappa shape index (κ2) is 11.2. The van der Waals surface area contributed by atoms with Crippen molar-refractivity contribution in [2.75, 3.05) is 38.0 Å². The summed E-state index contributed by atoms with van der Waals surface area (Å²) in [7, 11) is 0. The van der Waals surface area contributed by atoms with Crippen LogP contribution in [-0.4, -0.2) is 54.3 Å². The molecule has 0 radical (unpaired) electrons. The minimum atomic E-state index is -0.0272. The Balaban J connectivity index is 1.28. The van der Waals surface area contributed by atoms with Crippen molar-refractivity contribution in [3.8, 4) is 5.75 Å². The van der Waals surface area contributed by atoms with Gasteiger partial charge in [0.1, 0.15) is 12.4 Å². The molecule has 182 valence electrons. The van der Waals surface area contributed by atoms with Crippen molar-refractivity contribution >= 4 is 17.5 Å². The van der Waals surface area contributed by atoms with Crippen LogP contribution >= 0.6 is 0 Å². The summed E-state index contributed by atoms with van der Waals surface area (Å²) in [5, 5.41) is 3.04. The van der Waals surface area contributed by atoms with Gasteiger partial charge in [0.2, 0.25) is 5.91 Å². The number of nitrogens with zero attached hydrogens (tertiary/aromatic N) is 2. The summed E-state index contributed by atoms with van der Waals surface area (Å²) >= 11 is 0. The summed E-state index contributed by atoms with van der Waals surface area (Å²) in [5.74, 6) is 0.644. The van der Waals surface area contributed by atoms with E-state index in [2.05, 4.69) is 29.3 Å². The molecular weight excluding hydrogens is 438 g/mol. The van der Waals surface area contributed by atoms with Crippen LogP contribution < -0.4 is 10.1 Å². The summed E-state index contributed by atoms with van der Waals surface area (Å²) in [6.07, 6.45) is 0. The fourth-order valence-electron chi connectivity index (χ4n) is 4.37. The van der Waals surface area contributed by atoms with E-state index in [0.717, 1.165) is 22.4 Å². The van der Waals surface area contributed by atoms with E-state index in [-0.39, 0.29) is 11.8 Å². The highest BCUT2D eigenvalue weighted by molar-refractivity contribution is 5.95. The van der Waals surface area contributed by atoms with Gasteiger partial charge in [-0.3, -0.25) is 14.5 Å². The number of anilines is 1. The number of para-hydroxylation sites is 1. The number of hydrogen-bond donors (Lipinski definition) is 1. The van der Waals surface area contributed by atoms with E-state index in [0.29, 0.717) is 50.6 Å². The summed E-state index contributed by atoms with van der Waals surface area (Å²) in [5.41, 5.74) is 5.90. The van der Waals surface area contributed by atoms with E-state index in [1.165, 1.54) is 5.56 Å². The van der Waals surface area contributed by atoms with Gasteiger partial charge in [-0.05, 0) is 55.7 Å². The first kappa shape index (κ1) is 24.5. The van der Waals surface area contributed by atoms with E-state index in [4.69, 9.17) is 4.74 Å². The minimum Gasteiger partial charge on any atom is -0.489 e. The average Bonchev–Trinajstić information content (AvgIpc) is 2.85. The van der Waals surface area contributed by atoms with Crippen molar-refractivity contribution in [1.82, 2.24) is 9.80 Å². The Labute approximate surface area is 207 Å². The van der Waals surface area contributed by atoms with Crippen molar-refractivity contribution < 1.29 is 14.3 Å². The zero-order chi connectivity index (χ0) is 24.8. The van der Waals surface area contributed by atoms with Crippen molar-refractivity contribution in [2.45, 2.75) is 27.4 Å². The third kappa shape index (κ3) is 6.49. The van der Waals surface area contributed by atoms with Crippen LogP contribution in [0.5, 0.6) is 5.75 Å². The second-order valence-corrected chi connectivity index (χ2v) is 9.19. The predicted octanol–water partition coefficient (Wildman–Crippen LogP) is 4.59. The maximum absolute atomic E-state index is 13.1. The molecule has 1 aliphatic heterocycles. The Hall–Kier alpha value is -3.64. The number of rotatable bonds is 7. The van der Waals surface area contributed by atoms with Crippen molar-refractivity contribution in [1.29, 1.82) is 0 Å². The van der Waals surface area contributed by atoms with Crippen molar-refractivity contribution in [3.05, 3.63) is 94.5 Å². The number of nitrogens with one attached hydrogen (secondary N) is 1. The summed E-state index contributed by atoms with van der Waals surface area (Å²) < 4.78 is 5.93. The molecule has 2 amide bonds. The molecule has 1 aliphatic rings. The highest BCUT2D eigenvalue weighted by Crippen LogP contribution is 2.20. The molecule has 1 N–H and O–H groups in total. The minimum absolute atomic E-state index is 0.00866. The maximum atomic E-state index is 13.1. The zero-order valence-electron chi connectivity index (χ0n) is 20.7. The smallest absolute Gasteiger partial charge is 0.254 e. The Morgan fingerprint density at radius 2 is 1.54 bits per heavy atom. The fraction of sp³-hybridized carbons (Fsp3) is 0.310. The monoisotopic (exact) mass is 471 g/mol. The molecule has 0 saturated carbocycles. The first-order valence-corrected chi connectivity index (χ1v) is 12.0. The van der Waals surface area contributed by atoms with E-state index in [1.807, 2.05) is 73.3 Å². The van der Waals surface area contributed by atoms with Crippen LogP contribution in [0.1, 0.15) is 32.6 Å². The Morgan fingerprint density at radius 1 is 0.857 bits per heavy atom. The summed E-state index contributed by atoms with van der Waals surface area (Å²) in [6.45, 7) is 9.32. The lowest BCUT2D eigenvalue weighted by molar-refractivity contribution is -0.117. The molecule has 0 bridgehead atoms. The predicted molar refractivity (Wildman–Crippen MR) is 139 cm³/mol. The number of carbonyl (C=O) groups is 2. The number of benzene rings is 3. The van der Waals surface area contributed by atoms with Crippen LogP contribution in [0.15, 0.2) is 66.7 Å². The Bertz CT molecular complexity index is 1180. The van der Waals surface area contributed by atoms with Crippen LogP contribution in [0.4, 0.5) is 5.69 Å². The molecule has 6 nitrogen and oxygen atoms in total. The van der Waals surface area contributed by atoms with E-state index in [9.17, 15) is 9.59 Å². The van der Waals surface area contributed by atoms with Crippen molar-refractivity contribution in [3.63, 3.8) is 0 Å². The molecule has 0 aliphatic carbocycles. The highest BCUT2D eigenvalue weighted by Gasteiger charge is 2.24. The zero-order valence-corrected chi connectivity index (χ0v) is 20.7. The van der Waals surface area contributed by atoms with Crippen LogP contribution in [0.25, 0.3) is 0 Å². The third-order valence-electron chi connectivity index (χ3n) is 6.34. The van der Waals surface area contributed by atoms with Gasteiger partial charge in [0.25, 0.3) is 5.91 Å². The van der Waals surface area contributed by atoms with Gasteiger partial charge in [-0.25, -0.2) is 0 Å². The molecule has 1 saturated heterocycles. The molecule has 3 aromatic carbocycles. The number of aryl methyl sites for hydroxylation is 3. The molecule has 0 spiro atoms. The number of amides is 2. The molecule has 0 unspecified atom stereocenters. The lowest BCUT2D eigenvalue weighted by Gasteiger charge is -2.34. The maximum Gasteiger partial charge on any atom is 0.254 e. The molecule has 3 aromatic rings. The van der Waals surface area contributed by atoms with Gasteiger partial charge in [-0.15, -0.1) is 0 Å². The lowest BCUT2D eigenvalue weighted by Crippen LogP contribution is -2.50. The number of hydrogen-bond acceptors (Lipinski definition) is 4. The quantitative estimate of drug-likeness (QED) is 0.548. The van der Waals surface area contributed by atoms with Gasteiger partial charge in [0.05, 0.1) is 6.54 Å². The van der Waals surface area contributed by atoms with Gasteiger partial charge in [-0.2, -0.15) is 0 Å². The Kier molecular flexibility index (Phi) is 7.83. The molecule has 4 rings (SSSR count).